The summed E-state index contributed by atoms with van der Waals surface area (Å²) in [5.74, 6) is 0.819. The average molecular weight is 431 g/mol. The van der Waals surface area contributed by atoms with Gasteiger partial charge in [0.1, 0.15) is 6.67 Å². The van der Waals surface area contributed by atoms with Gasteiger partial charge in [0.05, 0.1) is 34.5 Å². The molecule has 1 amide bonds. The van der Waals surface area contributed by atoms with E-state index in [1.165, 1.54) is 41.4 Å². The summed E-state index contributed by atoms with van der Waals surface area (Å²) >= 11 is 0. The van der Waals surface area contributed by atoms with Crippen LogP contribution in [-0.2, 0) is 17.9 Å². The predicted octanol–water partition coefficient (Wildman–Crippen LogP) is 3.34. The summed E-state index contributed by atoms with van der Waals surface area (Å²) in [5, 5.41) is 2.91. The summed E-state index contributed by atoms with van der Waals surface area (Å²) in [7, 11) is 5.81. The molecule has 0 radical (unpaired) electrons. The van der Waals surface area contributed by atoms with Crippen molar-refractivity contribution in [3.63, 3.8) is 0 Å². The highest BCUT2D eigenvalue weighted by Gasteiger charge is 2.32. The molecule has 0 aliphatic heterocycles. The van der Waals surface area contributed by atoms with Gasteiger partial charge in [0.25, 0.3) is 0 Å². The molecule has 0 heterocycles. The molecule has 3 rings (SSSR count). The Kier molecular flexibility index (Phi) is 6.68. The van der Waals surface area contributed by atoms with Gasteiger partial charge in [-0.3, -0.25) is 9.59 Å². The van der Waals surface area contributed by atoms with E-state index >= 15 is 0 Å². The molecule has 0 fully saturated rings. The van der Waals surface area contributed by atoms with Crippen LogP contribution in [0.25, 0.3) is 11.1 Å². The standard InChI is InChI=1S/C23H26FNO6/c1-12(26)25-17-8-6-14-16(11-24)21(29-3)23(31-5)22(30-4)20(14)13-7-9-19(28-2)18(27)10-15(13)17/h7,9-10,17H,6,8,11H2,1-5H3,(H,25,26)/t17-/m0/s1. The van der Waals surface area contributed by atoms with Gasteiger partial charge in [0.2, 0.25) is 17.1 Å². The van der Waals surface area contributed by atoms with E-state index in [4.69, 9.17) is 18.9 Å². The molecule has 0 aromatic heterocycles. The molecule has 2 aromatic carbocycles. The fourth-order valence-corrected chi connectivity index (χ4v) is 4.23. The molecule has 0 saturated carbocycles. The van der Waals surface area contributed by atoms with Crippen LogP contribution in [0.1, 0.15) is 36.1 Å². The molecule has 1 aliphatic carbocycles. The number of hydrogen-bond donors (Lipinski definition) is 1. The topological polar surface area (TPSA) is 83.1 Å². The van der Waals surface area contributed by atoms with E-state index in [9.17, 15) is 14.0 Å². The first-order valence-corrected chi connectivity index (χ1v) is 9.81. The summed E-state index contributed by atoms with van der Waals surface area (Å²) in [6.45, 7) is 0.639. The van der Waals surface area contributed by atoms with Gasteiger partial charge in [-0.25, -0.2) is 4.39 Å². The smallest absolute Gasteiger partial charge is 0.220 e. The van der Waals surface area contributed by atoms with E-state index in [-0.39, 0.29) is 28.6 Å². The van der Waals surface area contributed by atoms with Gasteiger partial charge in [-0.05, 0) is 41.7 Å². The van der Waals surface area contributed by atoms with E-state index in [1.807, 2.05) is 0 Å². The first-order chi connectivity index (χ1) is 14.9. The highest BCUT2D eigenvalue weighted by Crippen LogP contribution is 2.52. The number of halogens is 1. The quantitative estimate of drug-likeness (QED) is 0.755. The van der Waals surface area contributed by atoms with Crippen LogP contribution < -0.4 is 29.7 Å². The number of methoxy groups -OCH3 is 4. The first kappa shape index (κ1) is 22.4. The van der Waals surface area contributed by atoms with Crippen molar-refractivity contribution in [3.05, 3.63) is 45.1 Å². The second-order valence-electron chi connectivity index (χ2n) is 7.14. The monoisotopic (exact) mass is 431 g/mol. The van der Waals surface area contributed by atoms with E-state index in [1.54, 1.807) is 12.1 Å². The van der Waals surface area contributed by atoms with Crippen molar-refractivity contribution >= 4 is 5.91 Å². The molecular formula is C23H26FNO6. The van der Waals surface area contributed by atoms with Crippen LogP contribution in [0, 0.1) is 0 Å². The van der Waals surface area contributed by atoms with Crippen LogP contribution in [0.4, 0.5) is 4.39 Å². The Labute approximate surface area is 180 Å². The summed E-state index contributed by atoms with van der Waals surface area (Å²) in [6.07, 6.45) is 0.886. The molecule has 1 atom stereocenters. The zero-order valence-electron chi connectivity index (χ0n) is 18.3. The normalized spacial score (nSPS) is 14.6. The minimum Gasteiger partial charge on any atom is -0.493 e. The number of carbonyl (C=O) groups is 1. The lowest BCUT2D eigenvalue weighted by Crippen LogP contribution is -2.26. The third-order valence-corrected chi connectivity index (χ3v) is 5.49. The van der Waals surface area contributed by atoms with Crippen LogP contribution >= 0.6 is 0 Å². The number of alkyl halides is 1. The maximum absolute atomic E-state index is 14.3. The number of nitrogens with one attached hydrogen (secondary N) is 1. The molecule has 31 heavy (non-hydrogen) atoms. The van der Waals surface area contributed by atoms with Crippen molar-refractivity contribution in [2.45, 2.75) is 32.5 Å². The Morgan fingerprint density at radius 3 is 2.29 bits per heavy atom. The molecule has 8 heteroatoms. The summed E-state index contributed by atoms with van der Waals surface area (Å²) in [6, 6.07) is 4.28. The molecule has 0 bridgehead atoms. The van der Waals surface area contributed by atoms with Crippen molar-refractivity contribution in [1.29, 1.82) is 0 Å². The summed E-state index contributed by atoms with van der Waals surface area (Å²) < 4.78 is 36.2. The Morgan fingerprint density at radius 1 is 1.06 bits per heavy atom. The lowest BCUT2D eigenvalue weighted by Gasteiger charge is -2.22. The number of amides is 1. The molecule has 7 nitrogen and oxygen atoms in total. The number of rotatable bonds is 6. The number of benzene rings is 1. The maximum atomic E-state index is 14.3. The highest BCUT2D eigenvalue weighted by molar-refractivity contribution is 5.85. The van der Waals surface area contributed by atoms with Crippen LogP contribution in [0.15, 0.2) is 23.0 Å². The van der Waals surface area contributed by atoms with E-state index in [0.29, 0.717) is 46.4 Å². The molecule has 0 spiro atoms. The van der Waals surface area contributed by atoms with E-state index in [2.05, 4.69) is 5.32 Å². The van der Waals surface area contributed by atoms with Gasteiger partial charge < -0.3 is 24.3 Å². The van der Waals surface area contributed by atoms with Gasteiger partial charge in [-0.15, -0.1) is 0 Å². The maximum Gasteiger partial charge on any atom is 0.220 e. The fourth-order valence-electron chi connectivity index (χ4n) is 4.23. The largest absolute Gasteiger partial charge is 0.493 e. The first-order valence-electron chi connectivity index (χ1n) is 9.81. The number of carbonyl (C=O) groups excluding carboxylic acids is 1. The van der Waals surface area contributed by atoms with Gasteiger partial charge in [0, 0.05) is 18.1 Å². The lowest BCUT2D eigenvalue weighted by atomic mass is 9.92. The number of hydrogen-bond acceptors (Lipinski definition) is 6. The van der Waals surface area contributed by atoms with Crippen molar-refractivity contribution in [3.8, 4) is 34.1 Å². The summed E-state index contributed by atoms with van der Waals surface area (Å²) in [5.41, 5.74) is 2.53. The third kappa shape index (κ3) is 3.89. The second-order valence-corrected chi connectivity index (χ2v) is 7.14. The molecule has 1 N–H and O–H groups in total. The van der Waals surface area contributed by atoms with Crippen LogP contribution in [0.3, 0.4) is 0 Å². The van der Waals surface area contributed by atoms with Gasteiger partial charge >= 0.3 is 0 Å². The second kappa shape index (κ2) is 9.24. The zero-order chi connectivity index (χ0) is 22.7. The van der Waals surface area contributed by atoms with Crippen LogP contribution in [0.2, 0.25) is 0 Å². The van der Waals surface area contributed by atoms with E-state index in [0.717, 1.165) is 0 Å². The lowest BCUT2D eigenvalue weighted by molar-refractivity contribution is -0.119. The molecular weight excluding hydrogens is 405 g/mol. The third-order valence-electron chi connectivity index (χ3n) is 5.49. The predicted molar refractivity (Wildman–Crippen MR) is 114 cm³/mol. The highest BCUT2D eigenvalue weighted by atomic mass is 19.1. The van der Waals surface area contributed by atoms with Crippen LogP contribution in [0.5, 0.6) is 23.0 Å². The SMILES string of the molecule is COc1c(CF)c2c(c(OC)c1OC)-c1ccc(OC)c(=O)cc1[C@@H](NC(C)=O)CC2. The number of fused-ring (bicyclic) bond motifs is 3. The van der Waals surface area contributed by atoms with Gasteiger partial charge in [-0.2, -0.15) is 0 Å². The number of ether oxygens (including phenoxy) is 4. The molecule has 1 aliphatic rings. The average Bonchev–Trinajstić information content (AvgIpc) is 3.00. The van der Waals surface area contributed by atoms with Crippen molar-refractivity contribution in [1.82, 2.24) is 5.32 Å². The summed E-state index contributed by atoms with van der Waals surface area (Å²) in [4.78, 5) is 24.6. The van der Waals surface area contributed by atoms with E-state index < -0.39 is 12.7 Å². The Hall–Kier alpha value is -3.29. The van der Waals surface area contributed by atoms with Crippen molar-refractivity contribution < 1.29 is 28.1 Å². The van der Waals surface area contributed by atoms with Gasteiger partial charge in [-0.1, -0.05) is 6.07 Å². The van der Waals surface area contributed by atoms with Gasteiger partial charge in [0.15, 0.2) is 17.2 Å². The minimum absolute atomic E-state index is 0.154. The zero-order valence-corrected chi connectivity index (χ0v) is 18.3. The minimum atomic E-state index is -0.777. The Balaban J connectivity index is 2.50. The molecule has 166 valence electrons. The molecule has 0 saturated heterocycles. The fraction of sp³-hybridized carbons (Fsp3) is 0.391. The van der Waals surface area contributed by atoms with Crippen molar-refractivity contribution in [2.24, 2.45) is 0 Å². The van der Waals surface area contributed by atoms with Crippen molar-refractivity contribution in [2.75, 3.05) is 28.4 Å². The molecule has 0 unspecified atom stereocenters. The molecule has 2 aromatic rings. The Bertz CT molecular complexity index is 1070. The Morgan fingerprint density at radius 2 is 1.74 bits per heavy atom. The van der Waals surface area contributed by atoms with Crippen LogP contribution in [-0.4, -0.2) is 34.3 Å².